The van der Waals surface area contributed by atoms with E-state index in [2.05, 4.69) is 14.9 Å². The van der Waals surface area contributed by atoms with Crippen molar-refractivity contribution in [1.82, 2.24) is 15.6 Å². The number of anilines is 1. The molecule has 1 aromatic rings. The number of hydrogen-bond acceptors (Lipinski definition) is 6. The molecule has 5 N–H and O–H groups in total. The van der Waals surface area contributed by atoms with Gasteiger partial charge in [0.15, 0.2) is 0 Å². The topological polar surface area (TPSA) is 116 Å². The Labute approximate surface area is 67.7 Å². The summed E-state index contributed by atoms with van der Waals surface area (Å²) in [6, 6.07) is 1.45. The number of aromatic nitrogens is 2. The number of carbonyl (C=O) groups excluding carboxylic acids is 1. The Morgan fingerprint density at radius 2 is 2.42 bits per heavy atom. The summed E-state index contributed by atoms with van der Waals surface area (Å²) < 4.78 is 4.52. The highest BCUT2D eigenvalue weighted by molar-refractivity contribution is 5.70. The summed E-state index contributed by atoms with van der Waals surface area (Å²) in [5, 5.41) is 6.91. The fraction of sp³-hybridized carbons (Fsp3) is 0. The number of amides is 1. The minimum atomic E-state index is -0.845. The number of nitrogens with zero attached hydrogens (tertiary/aromatic N) is 2. The molecule has 0 saturated heterocycles. The SMILES string of the molecule is NNC(=O)Oc1nnccc1N. The van der Waals surface area contributed by atoms with E-state index in [0.29, 0.717) is 0 Å². The second-order valence-corrected chi connectivity index (χ2v) is 1.83. The predicted molar refractivity (Wildman–Crippen MR) is 39.8 cm³/mol. The van der Waals surface area contributed by atoms with Crippen LogP contribution in [0.15, 0.2) is 12.3 Å². The van der Waals surface area contributed by atoms with E-state index in [-0.39, 0.29) is 11.6 Å². The largest absolute Gasteiger partial charge is 0.428 e. The number of ether oxygens (including phenoxy) is 1. The Morgan fingerprint density at radius 3 is 3.00 bits per heavy atom. The summed E-state index contributed by atoms with van der Waals surface area (Å²) >= 11 is 0. The Bertz CT molecular complexity index is 289. The van der Waals surface area contributed by atoms with Gasteiger partial charge in [-0.1, -0.05) is 0 Å². The molecule has 0 radical (unpaired) electrons. The zero-order chi connectivity index (χ0) is 8.97. The lowest BCUT2D eigenvalue weighted by molar-refractivity contribution is 0.198. The number of hydrogen-bond donors (Lipinski definition) is 3. The minimum absolute atomic E-state index is 0.0690. The zero-order valence-corrected chi connectivity index (χ0v) is 6.02. The molecule has 0 aromatic carbocycles. The summed E-state index contributed by atoms with van der Waals surface area (Å²) in [5.41, 5.74) is 7.35. The number of nitrogens with two attached hydrogens (primary N) is 2. The van der Waals surface area contributed by atoms with Crippen molar-refractivity contribution in [2.75, 3.05) is 5.73 Å². The van der Waals surface area contributed by atoms with Gasteiger partial charge < -0.3 is 10.5 Å². The predicted octanol–water partition coefficient (Wildman–Crippen LogP) is -0.979. The molecule has 1 amide bonds. The first-order valence-corrected chi connectivity index (χ1v) is 2.99. The molecule has 0 fully saturated rings. The monoisotopic (exact) mass is 169 g/mol. The van der Waals surface area contributed by atoms with Crippen molar-refractivity contribution in [2.24, 2.45) is 5.84 Å². The van der Waals surface area contributed by atoms with E-state index in [1.807, 2.05) is 0 Å². The lowest BCUT2D eigenvalue weighted by atomic mass is 10.5. The molecule has 12 heavy (non-hydrogen) atoms. The van der Waals surface area contributed by atoms with E-state index in [1.165, 1.54) is 12.3 Å². The smallest absolute Gasteiger partial charge is 0.394 e. The van der Waals surface area contributed by atoms with Crippen LogP contribution in [-0.2, 0) is 0 Å². The highest BCUT2D eigenvalue weighted by atomic mass is 16.6. The van der Waals surface area contributed by atoms with Crippen LogP contribution < -0.4 is 21.7 Å². The summed E-state index contributed by atoms with van der Waals surface area (Å²) in [6.45, 7) is 0. The molecule has 0 aliphatic rings. The summed E-state index contributed by atoms with van der Waals surface area (Å²) in [4.78, 5) is 10.6. The molecule has 0 bridgehead atoms. The highest BCUT2D eigenvalue weighted by Gasteiger charge is 2.06. The van der Waals surface area contributed by atoms with Gasteiger partial charge in [-0.3, -0.25) is 5.43 Å². The van der Waals surface area contributed by atoms with Crippen molar-refractivity contribution in [2.45, 2.75) is 0 Å². The molecule has 0 atom stereocenters. The highest BCUT2D eigenvalue weighted by Crippen LogP contribution is 2.14. The standard InChI is InChI=1S/C5H7N5O2/c6-3-1-2-8-10-4(3)12-5(11)9-7/h1-2H,7H2,(H2,6,8)(H,9,11). The Balaban J connectivity index is 2.75. The van der Waals surface area contributed by atoms with Crippen LogP contribution in [0.4, 0.5) is 10.5 Å². The molecular formula is C5H7N5O2. The van der Waals surface area contributed by atoms with Gasteiger partial charge >= 0.3 is 6.09 Å². The second kappa shape index (κ2) is 3.49. The number of rotatable bonds is 1. The molecule has 0 spiro atoms. The van der Waals surface area contributed by atoms with Crippen LogP contribution in [0.3, 0.4) is 0 Å². The van der Waals surface area contributed by atoms with Gasteiger partial charge in [-0.2, -0.15) is 5.10 Å². The molecule has 0 aliphatic carbocycles. The molecule has 7 nitrogen and oxygen atoms in total. The zero-order valence-electron chi connectivity index (χ0n) is 6.02. The maximum absolute atomic E-state index is 10.6. The molecule has 7 heteroatoms. The van der Waals surface area contributed by atoms with E-state index >= 15 is 0 Å². The third-order valence-corrected chi connectivity index (χ3v) is 1.02. The van der Waals surface area contributed by atoms with Crippen LogP contribution in [0.25, 0.3) is 0 Å². The van der Waals surface area contributed by atoms with Crippen LogP contribution in [-0.4, -0.2) is 16.3 Å². The fourth-order valence-corrected chi connectivity index (χ4v) is 0.525. The molecule has 64 valence electrons. The Kier molecular flexibility index (Phi) is 2.38. The van der Waals surface area contributed by atoms with Crippen LogP contribution >= 0.6 is 0 Å². The maximum Gasteiger partial charge on any atom is 0.428 e. The van der Waals surface area contributed by atoms with Crippen LogP contribution in [0.5, 0.6) is 5.88 Å². The van der Waals surface area contributed by atoms with Gasteiger partial charge in [0.1, 0.15) is 0 Å². The van der Waals surface area contributed by atoms with Crippen LogP contribution in [0.1, 0.15) is 0 Å². The van der Waals surface area contributed by atoms with Gasteiger partial charge in [-0.15, -0.1) is 5.10 Å². The molecule has 0 unspecified atom stereocenters. The van der Waals surface area contributed by atoms with Crippen molar-refractivity contribution < 1.29 is 9.53 Å². The van der Waals surface area contributed by atoms with Crippen molar-refractivity contribution >= 4 is 11.8 Å². The van der Waals surface area contributed by atoms with Crippen molar-refractivity contribution in [3.63, 3.8) is 0 Å². The first-order chi connectivity index (χ1) is 5.74. The lowest BCUT2D eigenvalue weighted by Crippen LogP contribution is -2.33. The third kappa shape index (κ3) is 1.80. The van der Waals surface area contributed by atoms with Gasteiger partial charge in [0.25, 0.3) is 5.88 Å². The average Bonchev–Trinajstić information content (AvgIpc) is 2.09. The van der Waals surface area contributed by atoms with E-state index < -0.39 is 6.09 Å². The van der Waals surface area contributed by atoms with Crippen LogP contribution in [0.2, 0.25) is 0 Å². The first-order valence-electron chi connectivity index (χ1n) is 2.99. The van der Waals surface area contributed by atoms with Gasteiger partial charge in [0, 0.05) is 0 Å². The van der Waals surface area contributed by atoms with E-state index in [4.69, 9.17) is 11.6 Å². The third-order valence-electron chi connectivity index (χ3n) is 1.02. The summed E-state index contributed by atoms with van der Waals surface area (Å²) in [6.07, 6.45) is 0.532. The Hall–Kier alpha value is -1.89. The molecule has 1 rings (SSSR count). The molecule has 0 saturated carbocycles. The van der Waals surface area contributed by atoms with Crippen molar-refractivity contribution in [3.05, 3.63) is 12.3 Å². The molecule has 1 heterocycles. The second-order valence-electron chi connectivity index (χ2n) is 1.83. The number of nitrogen functional groups attached to an aromatic ring is 1. The summed E-state index contributed by atoms with van der Waals surface area (Å²) in [7, 11) is 0. The average molecular weight is 169 g/mol. The van der Waals surface area contributed by atoms with Gasteiger partial charge in [-0.25, -0.2) is 10.6 Å². The number of nitrogens with one attached hydrogen (secondary N) is 1. The van der Waals surface area contributed by atoms with E-state index in [1.54, 1.807) is 5.43 Å². The van der Waals surface area contributed by atoms with Crippen LogP contribution in [0, 0.1) is 0 Å². The Morgan fingerprint density at radius 1 is 1.67 bits per heavy atom. The minimum Gasteiger partial charge on any atom is -0.394 e. The maximum atomic E-state index is 10.6. The van der Waals surface area contributed by atoms with E-state index in [9.17, 15) is 4.79 Å². The first kappa shape index (κ1) is 8.21. The van der Waals surface area contributed by atoms with Gasteiger partial charge in [0.05, 0.1) is 11.9 Å². The molecule has 0 aliphatic heterocycles. The normalized spacial score (nSPS) is 9.08. The fourth-order valence-electron chi connectivity index (χ4n) is 0.525. The van der Waals surface area contributed by atoms with Crippen molar-refractivity contribution in [1.29, 1.82) is 0 Å². The number of hydrazine groups is 1. The number of carbonyl (C=O) groups is 1. The van der Waals surface area contributed by atoms with E-state index in [0.717, 1.165) is 0 Å². The van der Waals surface area contributed by atoms with Crippen molar-refractivity contribution in [3.8, 4) is 5.88 Å². The van der Waals surface area contributed by atoms with Gasteiger partial charge in [-0.05, 0) is 6.07 Å². The molecule has 1 aromatic heterocycles. The molecular weight excluding hydrogens is 162 g/mol. The quantitative estimate of drug-likeness (QED) is 0.282. The summed E-state index contributed by atoms with van der Waals surface area (Å²) in [5.74, 6) is 4.69. The lowest BCUT2D eigenvalue weighted by Gasteiger charge is -2.02. The van der Waals surface area contributed by atoms with Gasteiger partial charge in [0.2, 0.25) is 0 Å².